The van der Waals surface area contributed by atoms with Crippen LogP contribution in [0.15, 0.2) is 40.9 Å². The van der Waals surface area contributed by atoms with Crippen molar-refractivity contribution in [2.75, 3.05) is 5.32 Å². The quantitative estimate of drug-likeness (QED) is 0.364. The number of amides is 1. The number of halogens is 4. The van der Waals surface area contributed by atoms with Crippen molar-refractivity contribution in [2.24, 2.45) is 5.73 Å². The minimum absolute atomic E-state index is 0.113. The summed E-state index contributed by atoms with van der Waals surface area (Å²) in [6, 6.07) is 8.99. The van der Waals surface area contributed by atoms with Gasteiger partial charge in [-0.3, -0.25) is 4.79 Å². The first-order valence-electron chi connectivity index (χ1n) is 9.44. The van der Waals surface area contributed by atoms with Crippen LogP contribution in [0.1, 0.15) is 13.3 Å². The summed E-state index contributed by atoms with van der Waals surface area (Å²) in [6.07, 6.45) is 0.414. The van der Waals surface area contributed by atoms with Crippen molar-refractivity contribution in [3.8, 4) is 17.1 Å². The van der Waals surface area contributed by atoms with Gasteiger partial charge in [0, 0.05) is 14.9 Å². The number of hydrogen-bond acceptors (Lipinski definition) is 6. The summed E-state index contributed by atoms with van der Waals surface area (Å²) in [5.41, 5.74) is 6.66. The van der Waals surface area contributed by atoms with Crippen LogP contribution < -0.4 is 15.8 Å². The highest BCUT2D eigenvalue weighted by Gasteiger charge is 2.22. The van der Waals surface area contributed by atoms with Crippen molar-refractivity contribution >= 4 is 55.9 Å². The Morgan fingerprint density at radius 2 is 2.09 bits per heavy atom. The largest absolute Gasteiger partial charge is 0.434 e. The molecule has 0 saturated carbocycles. The lowest BCUT2D eigenvalue weighted by atomic mass is 10.2. The minimum atomic E-state index is -3.05. The Bertz CT molecular complexity index is 1330. The fraction of sp³-hybridized carbons (Fsp3) is 0.200. The maximum Gasteiger partial charge on any atom is 0.387 e. The SMILES string of the molecule is CC[C@@H](Nc1nc2c(Br)cccc2c2nc(-c3ccc(Cl)cc3OC(F)F)nn12)C(N)=O. The van der Waals surface area contributed by atoms with Crippen molar-refractivity contribution in [1.29, 1.82) is 0 Å². The molecule has 0 aliphatic carbocycles. The molecule has 1 atom stereocenters. The number of rotatable bonds is 7. The molecule has 0 bridgehead atoms. The maximum atomic E-state index is 12.9. The Morgan fingerprint density at radius 3 is 2.78 bits per heavy atom. The van der Waals surface area contributed by atoms with Gasteiger partial charge in [-0.2, -0.15) is 13.3 Å². The van der Waals surface area contributed by atoms with Gasteiger partial charge in [0.1, 0.15) is 11.8 Å². The number of primary amides is 1. The van der Waals surface area contributed by atoms with E-state index in [0.717, 1.165) is 0 Å². The molecule has 166 valence electrons. The van der Waals surface area contributed by atoms with Gasteiger partial charge in [0.15, 0.2) is 11.5 Å². The molecule has 0 fully saturated rings. The van der Waals surface area contributed by atoms with Crippen molar-refractivity contribution in [3.05, 3.63) is 45.9 Å². The third-order valence-electron chi connectivity index (χ3n) is 4.71. The molecule has 0 saturated heterocycles. The topological polar surface area (TPSA) is 107 Å². The molecule has 2 aromatic carbocycles. The highest BCUT2D eigenvalue weighted by atomic mass is 79.9. The number of aromatic nitrogens is 4. The second kappa shape index (κ2) is 8.83. The van der Waals surface area contributed by atoms with Gasteiger partial charge in [-0.05, 0) is 52.7 Å². The number of benzene rings is 2. The fourth-order valence-corrected chi connectivity index (χ4v) is 3.83. The first kappa shape index (κ1) is 22.2. The zero-order chi connectivity index (χ0) is 23.0. The fourth-order valence-electron chi connectivity index (χ4n) is 3.21. The number of hydrogen-bond donors (Lipinski definition) is 2. The zero-order valence-electron chi connectivity index (χ0n) is 16.5. The van der Waals surface area contributed by atoms with E-state index in [0.29, 0.717) is 27.4 Å². The van der Waals surface area contributed by atoms with E-state index < -0.39 is 18.6 Å². The number of carbonyl (C=O) groups excluding carboxylic acids is 1. The van der Waals surface area contributed by atoms with Gasteiger partial charge in [-0.25, -0.2) is 9.97 Å². The van der Waals surface area contributed by atoms with Gasteiger partial charge in [-0.1, -0.05) is 24.6 Å². The predicted octanol–water partition coefficient (Wildman–Crippen LogP) is 4.64. The summed E-state index contributed by atoms with van der Waals surface area (Å²) in [7, 11) is 0. The lowest BCUT2D eigenvalue weighted by Gasteiger charge is -2.15. The van der Waals surface area contributed by atoms with E-state index in [1.54, 1.807) is 19.1 Å². The molecule has 4 rings (SSSR count). The van der Waals surface area contributed by atoms with Gasteiger partial charge >= 0.3 is 6.61 Å². The van der Waals surface area contributed by atoms with Gasteiger partial charge in [0.2, 0.25) is 11.9 Å². The summed E-state index contributed by atoms with van der Waals surface area (Å²) in [6.45, 7) is -1.26. The molecule has 0 radical (unpaired) electrons. The average molecular weight is 526 g/mol. The van der Waals surface area contributed by atoms with Crippen LogP contribution in [0.5, 0.6) is 5.75 Å². The standard InChI is InChI=1S/C20H16BrClF2N6O2/c1-2-13(16(25)31)26-20-27-15-11(4-3-5-12(15)21)18-28-17(29-30(18)20)10-7-6-9(22)8-14(10)32-19(23)24/h3-8,13,19H,2H2,1H3,(H2,25,31)(H,26,27)/t13-/m1/s1. The second-order valence-electron chi connectivity index (χ2n) is 6.77. The van der Waals surface area contributed by atoms with Crippen LogP contribution in [-0.2, 0) is 4.79 Å². The molecule has 2 heterocycles. The number of ether oxygens (including phenoxy) is 1. The number of nitrogens with one attached hydrogen (secondary N) is 1. The third kappa shape index (κ3) is 4.17. The molecule has 1 amide bonds. The Labute approximate surface area is 193 Å². The molecule has 32 heavy (non-hydrogen) atoms. The first-order valence-corrected chi connectivity index (χ1v) is 10.6. The van der Waals surface area contributed by atoms with E-state index in [1.807, 2.05) is 6.07 Å². The molecule has 4 aromatic rings. The van der Waals surface area contributed by atoms with Crippen LogP contribution in [0.2, 0.25) is 5.02 Å². The zero-order valence-corrected chi connectivity index (χ0v) is 18.9. The number of anilines is 1. The predicted molar refractivity (Wildman–Crippen MR) is 120 cm³/mol. The van der Waals surface area contributed by atoms with Crippen molar-refractivity contribution in [1.82, 2.24) is 19.6 Å². The van der Waals surface area contributed by atoms with Crippen LogP contribution in [-0.4, -0.2) is 38.1 Å². The van der Waals surface area contributed by atoms with E-state index in [2.05, 4.69) is 41.1 Å². The maximum absolute atomic E-state index is 12.9. The highest BCUT2D eigenvalue weighted by Crippen LogP contribution is 2.34. The number of fused-ring (bicyclic) bond motifs is 3. The summed E-state index contributed by atoms with van der Waals surface area (Å²) < 4.78 is 32.6. The molecule has 0 unspecified atom stereocenters. The van der Waals surface area contributed by atoms with Crippen LogP contribution in [0.25, 0.3) is 27.9 Å². The van der Waals surface area contributed by atoms with Crippen LogP contribution in [0.3, 0.4) is 0 Å². The van der Waals surface area contributed by atoms with Crippen molar-refractivity contribution in [2.45, 2.75) is 26.0 Å². The monoisotopic (exact) mass is 524 g/mol. The van der Waals surface area contributed by atoms with Crippen molar-refractivity contribution < 1.29 is 18.3 Å². The molecule has 0 aliphatic rings. The molecule has 0 spiro atoms. The van der Waals surface area contributed by atoms with Gasteiger partial charge in [-0.15, -0.1) is 5.10 Å². The summed E-state index contributed by atoms with van der Waals surface area (Å²) in [5.74, 6) is -0.392. The molecular formula is C20H16BrClF2N6O2. The van der Waals surface area contributed by atoms with E-state index in [1.165, 1.54) is 22.7 Å². The lowest BCUT2D eigenvalue weighted by Crippen LogP contribution is -2.35. The average Bonchev–Trinajstić information content (AvgIpc) is 3.17. The van der Waals surface area contributed by atoms with E-state index in [-0.39, 0.29) is 28.1 Å². The summed E-state index contributed by atoms with van der Waals surface area (Å²) in [4.78, 5) is 20.9. The van der Waals surface area contributed by atoms with Gasteiger partial charge < -0.3 is 15.8 Å². The molecular weight excluding hydrogens is 510 g/mol. The van der Waals surface area contributed by atoms with E-state index in [4.69, 9.17) is 17.3 Å². The summed E-state index contributed by atoms with van der Waals surface area (Å²) >= 11 is 9.42. The molecule has 12 heteroatoms. The smallest absolute Gasteiger partial charge is 0.387 e. The van der Waals surface area contributed by atoms with Gasteiger partial charge in [0.25, 0.3) is 0 Å². The van der Waals surface area contributed by atoms with Crippen LogP contribution in [0.4, 0.5) is 14.7 Å². The van der Waals surface area contributed by atoms with E-state index in [9.17, 15) is 13.6 Å². The first-order chi connectivity index (χ1) is 15.3. The molecule has 8 nitrogen and oxygen atoms in total. The Kier molecular flexibility index (Phi) is 6.11. The molecule has 3 N–H and O–H groups in total. The van der Waals surface area contributed by atoms with E-state index >= 15 is 0 Å². The number of para-hydroxylation sites is 1. The minimum Gasteiger partial charge on any atom is -0.434 e. The summed E-state index contributed by atoms with van der Waals surface area (Å²) in [5, 5.41) is 8.32. The van der Waals surface area contributed by atoms with Crippen molar-refractivity contribution in [3.63, 3.8) is 0 Å². The Hall–Kier alpha value is -3.05. The normalized spacial score (nSPS) is 12.4. The number of nitrogens with zero attached hydrogens (tertiary/aromatic N) is 4. The number of alkyl halides is 2. The number of nitrogens with two attached hydrogens (primary N) is 1. The highest BCUT2D eigenvalue weighted by molar-refractivity contribution is 9.10. The number of carbonyl (C=O) groups is 1. The second-order valence-corrected chi connectivity index (χ2v) is 8.06. The lowest BCUT2D eigenvalue weighted by molar-refractivity contribution is -0.118. The molecule has 2 aromatic heterocycles. The Morgan fingerprint density at radius 1 is 1.31 bits per heavy atom. The third-order valence-corrected chi connectivity index (χ3v) is 5.58. The van der Waals surface area contributed by atoms with Gasteiger partial charge in [0.05, 0.1) is 11.1 Å². The molecule has 0 aliphatic heterocycles. The van der Waals surface area contributed by atoms with Crippen LogP contribution in [0, 0.1) is 0 Å². The van der Waals surface area contributed by atoms with Crippen LogP contribution >= 0.6 is 27.5 Å². The Balaban J connectivity index is 1.97.